The lowest BCUT2D eigenvalue weighted by atomic mass is 10.1. The summed E-state index contributed by atoms with van der Waals surface area (Å²) in [5.74, 6) is 0. The van der Waals surface area contributed by atoms with Gasteiger partial charge in [-0.05, 0) is 6.92 Å². The molecule has 5 heteroatoms. The van der Waals surface area contributed by atoms with Crippen LogP contribution in [0.1, 0.15) is 6.92 Å². The van der Waals surface area contributed by atoms with Gasteiger partial charge in [-0.1, -0.05) is 0 Å². The van der Waals surface area contributed by atoms with Gasteiger partial charge in [-0.3, -0.25) is 0 Å². The molecule has 0 aliphatic carbocycles. The largest absolute Gasteiger partial charge is 0.403 e. The third-order valence-corrected chi connectivity index (χ3v) is 1.76. The van der Waals surface area contributed by atoms with Crippen LogP contribution in [0.3, 0.4) is 0 Å². The summed E-state index contributed by atoms with van der Waals surface area (Å²) in [6.07, 6.45) is -4.12. The average Bonchev–Trinajstić information content (AvgIpc) is 1.75. The van der Waals surface area contributed by atoms with Gasteiger partial charge in [0.05, 0.1) is 0 Å². The van der Waals surface area contributed by atoms with E-state index in [0.717, 1.165) is 6.92 Å². The van der Waals surface area contributed by atoms with E-state index in [1.54, 1.807) is 0 Å². The van der Waals surface area contributed by atoms with Gasteiger partial charge >= 0.3 is 6.18 Å². The van der Waals surface area contributed by atoms with Gasteiger partial charge in [-0.25, -0.2) is 0 Å². The third kappa shape index (κ3) is 2.34. The highest BCUT2D eigenvalue weighted by Gasteiger charge is 2.37. The van der Waals surface area contributed by atoms with Gasteiger partial charge in [0.25, 0.3) is 0 Å². The summed E-state index contributed by atoms with van der Waals surface area (Å²) in [7, 11) is 0. The molecular formula is C6H11F3N2. The van der Waals surface area contributed by atoms with Crippen molar-refractivity contribution in [2.24, 2.45) is 0 Å². The van der Waals surface area contributed by atoms with Crippen LogP contribution < -0.4 is 10.6 Å². The second-order valence-electron chi connectivity index (χ2n) is 2.79. The van der Waals surface area contributed by atoms with E-state index in [1.165, 1.54) is 0 Å². The van der Waals surface area contributed by atoms with Gasteiger partial charge in [-0.15, -0.1) is 0 Å². The zero-order valence-electron chi connectivity index (χ0n) is 6.20. The molecule has 0 aromatic heterocycles. The Bertz CT molecular complexity index is 130. The molecule has 0 radical (unpaired) electrons. The highest BCUT2D eigenvalue weighted by molar-refractivity contribution is 4.85. The minimum absolute atomic E-state index is 0.00775. The van der Waals surface area contributed by atoms with Crippen LogP contribution >= 0.6 is 0 Å². The summed E-state index contributed by atoms with van der Waals surface area (Å²) < 4.78 is 35.7. The Morgan fingerprint density at radius 3 is 2.27 bits per heavy atom. The first-order valence-corrected chi connectivity index (χ1v) is 3.53. The lowest BCUT2D eigenvalue weighted by Gasteiger charge is -2.31. The number of rotatable bonds is 2. The third-order valence-electron chi connectivity index (χ3n) is 1.76. The smallest absolute Gasteiger partial charge is 0.314 e. The van der Waals surface area contributed by atoms with Gasteiger partial charge < -0.3 is 10.6 Å². The molecule has 0 spiro atoms. The first-order valence-electron chi connectivity index (χ1n) is 3.53. The molecule has 2 N–H and O–H groups in total. The zero-order valence-corrected chi connectivity index (χ0v) is 6.20. The minimum Gasteiger partial charge on any atom is -0.314 e. The second kappa shape index (κ2) is 2.98. The van der Waals surface area contributed by atoms with Crippen molar-refractivity contribution in [3.05, 3.63) is 0 Å². The van der Waals surface area contributed by atoms with Crippen LogP contribution in [-0.4, -0.2) is 31.3 Å². The van der Waals surface area contributed by atoms with Gasteiger partial charge in [0.2, 0.25) is 0 Å². The summed E-state index contributed by atoms with van der Waals surface area (Å²) in [4.78, 5) is 0. The van der Waals surface area contributed by atoms with Gasteiger partial charge in [0.1, 0.15) is 6.04 Å². The standard InChI is InChI=1S/C6H11F3N2/c1-4(6(7,8)9)11-5-2-10-3-5/h4-5,10-11H,2-3H2,1H3. The maximum absolute atomic E-state index is 11.9. The van der Waals surface area contributed by atoms with E-state index in [2.05, 4.69) is 10.6 Å². The molecule has 2 nitrogen and oxygen atoms in total. The fourth-order valence-corrected chi connectivity index (χ4v) is 0.855. The van der Waals surface area contributed by atoms with Gasteiger partial charge in [0.15, 0.2) is 0 Å². The summed E-state index contributed by atoms with van der Waals surface area (Å²) in [6, 6.07) is -1.40. The van der Waals surface area contributed by atoms with Crippen molar-refractivity contribution in [2.45, 2.75) is 25.2 Å². The highest BCUT2D eigenvalue weighted by Crippen LogP contribution is 2.20. The van der Waals surface area contributed by atoms with Crippen LogP contribution in [0.5, 0.6) is 0 Å². The van der Waals surface area contributed by atoms with Crippen LogP contribution in [0, 0.1) is 0 Å². The number of hydrogen-bond donors (Lipinski definition) is 2. The molecule has 1 atom stereocenters. The molecule has 0 saturated carbocycles. The Balaban J connectivity index is 2.24. The summed E-state index contributed by atoms with van der Waals surface area (Å²) in [5.41, 5.74) is 0. The van der Waals surface area contributed by atoms with Crippen LogP contribution in [0.4, 0.5) is 13.2 Å². The van der Waals surface area contributed by atoms with Crippen molar-refractivity contribution in [1.29, 1.82) is 0 Å². The van der Waals surface area contributed by atoms with Crippen molar-refractivity contribution < 1.29 is 13.2 Å². The maximum atomic E-state index is 11.9. The molecule has 1 rings (SSSR count). The molecule has 0 bridgehead atoms. The van der Waals surface area contributed by atoms with E-state index in [-0.39, 0.29) is 6.04 Å². The average molecular weight is 168 g/mol. The SMILES string of the molecule is CC(NC1CNC1)C(F)(F)F. The zero-order chi connectivity index (χ0) is 8.48. The van der Waals surface area contributed by atoms with Crippen LogP contribution in [0.2, 0.25) is 0 Å². The predicted octanol–water partition coefficient (Wildman–Crippen LogP) is 0.499. The van der Waals surface area contributed by atoms with Crippen molar-refractivity contribution in [1.82, 2.24) is 10.6 Å². The van der Waals surface area contributed by atoms with E-state index in [1.807, 2.05) is 0 Å². The molecule has 1 saturated heterocycles. The molecule has 1 heterocycles. The van der Waals surface area contributed by atoms with Gasteiger partial charge in [0, 0.05) is 19.1 Å². The normalized spacial score (nSPS) is 22.9. The van der Waals surface area contributed by atoms with E-state index in [9.17, 15) is 13.2 Å². The molecule has 0 aromatic carbocycles. The fraction of sp³-hybridized carbons (Fsp3) is 1.00. The second-order valence-corrected chi connectivity index (χ2v) is 2.79. The van der Waals surface area contributed by atoms with Crippen molar-refractivity contribution >= 4 is 0 Å². The van der Waals surface area contributed by atoms with Crippen LogP contribution in [0.25, 0.3) is 0 Å². The van der Waals surface area contributed by atoms with E-state index < -0.39 is 12.2 Å². The first-order chi connectivity index (χ1) is 5.00. The lowest BCUT2D eigenvalue weighted by Crippen LogP contribution is -2.59. The lowest BCUT2D eigenvalue weighted by molar-refractivity contribution is -0.154. The summed E-state index contributed by atoms with van der Waals surface area (Å²) >= 11 is 0. The molecule has 1 aliphatic rings. The highest BCUT2D eigenvalue weighted by atomic mass is 19.4. The number of nitrogens with one attached hydrogen (secondary N) is 2. The molecule has 0 aromatic rings. The van der Waals surface area contributed by atoms with Crippen molar-refractivity contribution in [3.8, 4) is 0 Å². The number of hydrogen-bond acceptors (Lipinski definition) is 2. The maximum Gasteiger partial charge on any atom is 0.403 e. The molecular weight excluding hydrogens is 157 g/mol. The Morgan fingerprint density at radius 1 is 1.45 bits per heavy atom. The first kappa shape index (κ1) is 8.80. The molecule has 1 unspecified atom stereocenters. The van der Waals surface area contributed by atoms with E-state index in [0.29, 0.717) is 13.1 Å². The fourth-order valence-electron chi connectivity index (χ4n) is 0.855. The molecule has 0 amide bonds. The number of halogens is 3. The molecule has 1 aliphatic heterocycles. The van der Waals surface area contributed by atoms with Gasteiger partial charge in [-0.2, -0.15) is 13.2 Å². The Labute approximate surface area is 63.2 Å². The van der Waals surface area contributed by atoms with E-state index >= 15 is 0 Å². The Morgan fingerprint density at radius 2 is 2.00 bits per heavy atom. The monoisotopic (exact) mass is 168 g/mol. The molecule has 11 heavy (non-hydrogen) atoms. The van der Waals surface area contributed by atoms with Crippen LogP contribution in [0.15, 0.2) is 0 Å². The Kier molecular flexibility index (Phi) is 2.39. The minimum atomic E-state index is -4.12. The topological polar surface area (TPSA) is 24.1 Å². The number of alkyl halides is 3. The summed E-state index contributed by atoms with van der Waals surface area (Å²) in [6.45, 7) is 2.42. The molecule has 66 valence electrons. The molecule has 1 fully saturated rings. The predicted molar refractivity (Wildman–Crippen MR) is 35.3 cm³/mol. The van der Waals surface area contributed by atoms with Crippen LogP contribution in [-0.2, 0) is 0 Å². The quantitative estimate of drug-likeness (QED) is 0.627. The van der Waals surface area contributed by atoms with E-state index in [4.69, 9.17) is 0 Å². The van der Waals surface area contributed by atoms with Crippen molar-refractivity contribution in [2.75, 3.05) is 13.1 Å². The summed E-state index contributed by atoms with van der Waals surface area (Å²) in [5, 5.41) is 5.36. The Hall–Kier alpha value is -0.290. The van der Waals surface area contributed by atoms with Crippen molar-refractivity contribution in [3.63, 3.8) is 0 Å².